The molecule has 0 heterocycles. The molecule has 6 nitrogen and oxygen atoms in total. The molecule has 0 spiro atoms. The van der Waals surface area contributed by atoms with E-state index < -0.39 is 54.6 Å². The van der Waals surface area contributed by atoms with E-state index in [-0.39, 0.29) is 16.9 Å². The van der Waals surface area contributed by atoms with Crippen LogP contribution in [0.5, 0.6) is 11.5 Å². The van der Waals surface area contributed by atoms with Gasteiger partial charge >= 0.3 is 13.7 Å². The van der Waals surface area contributed by atoms with Crippen LogP contribution >= 0.6 is 19.3 Å². The van der Waals surface area contributed by atoms with E-state index in [2.05, 4.69) is 5.09 Å². The van der Waals surface area contributed by atoms with Crippen molar-refractivity contribution >= 4 is 25.3 Å². The summed E-state index contributed by atoms with van der Waals surface area (Å²) < 4.78 is 97.6. The molecule has 34 heavy (non-hydrogen) atoms. The largest absolute Gasteiger partial charge is 0.513 e. The number of halogens is 6. The van der Waals surface area contributed by atoms with E-state index in [0.717, 1.165) is 19.3 Å². The lowest BCUT2D eigenvalue weighted by molar-refractivity contribution is -0.152. The van der Waals surface area contributed by atoms with Gasteiger partial charge in [0.25, 0.3) is 0 Å². The summed E-state index contributed by atoms with van der Waals surface area (Å²) >= 11 is 5.77. The first-order valence-electron chi connectivity index (χ1n) is 10.2. The molecule has 186 valence electrons. The van der Waals surface area contributed by atoms with Crippen LogP contribution in [0.4, 0.5) is 22.0 Å². The Hall–Kier alpha value is -2.36. The standard InChI is InChI=1S/C21H20ClF5NO5P/c1-11(21(29)31-13-5-3-2-4-6-13)28-34(30,32-14-9-7-12(22)8-10-14)33-20-18(26)16(24)15(23)17(25)19(20)27/h7-11,13H,2-6H2,1H3,(H,28,30)/t11-,34?/m0/s1. The number of carbonyl (C=O) groups is 1. The molecule has 0 saturated heterocycles. The van der Waals surface area contributed by atoms with Crippen molar-refractivity contribution in [2.24, 2.45) is 0 Å². The highest BCUT2D eigenvalue weighted by atomic mass is 35.5. The first-order chi connectivity index (χ1) is 16.0. The number of ether oxygens (including phenoxy) is 1. The van der Waals surface area contributed by atoms with Crippen molar-refractivity contribution in [2.75, 3.05) is 0 Å². The molecule has 0 bridgehead atoms. The number of hydrogen-bond donors (Lipinski definition) is 1. The smallest absolute Gasteiger partial charge is 0.461 e. The molecule has 2 aromatic rings. The Balaban J connectivity index is 1.89. The lowest BCUT2D eigenvalue weighted by atomic mass is 9.98. The third-order valence-electron chi connectivity index (χ3n) is 4.96. The molecule has 1 unspecified atom stereocenters. The van der Waals surface area contributed by atoms with Crippen molar-refractivity contribution in [1.29, 1.82) is 0 Å². The second-order valence-electron chi connectivity index (χ2n) is 7.58. The highest BCUT2D eigenvalue weighted by Crippen LogP contribution is 2.47. The summed E-state index contributed by atoms with van der Waals surface area (Å²) in [7, 11) is -4.98. The van der Waals surface area contributed by atoms with Gasteiger partial charge in [0.05, 0.1) is 0 Å². The predicted molar refractivity (Wildman–Crippen MR) is 112 cm³/mol. The van der Waals surface area contributed by atoms with E-state index in [1.165, 1.54) is 31.2 Å². The van der Waals surface area contributed by atoms with Gasteiger partial charge in [-0.25, -0.2) is 17.7 Å². The number of esters is 1. The van der Waals surface area contributed by atoms with E-state index in [1.54, 1.807) is 0 Å². The van der Waals surface area contributed by atoms with Gasteiger partial charge in [0.1, 0.15) is 17.9 Å². The minimum Gasteiger partial charge on any atom is -0.461 e. The highest BCUT2D eigenvalue weighted by Gasteiger charge is 2.38. The van der Waals surface area contributed by atoms with Crippen LogP contribution in [0, 0.1) is 29.1 Å². The van der Waals surface area contributed by atoms with E-state index in [4.69, 9.17) is 25.4 Å². The minimum absolute atomic E-state index is 0.197. The molecule has 0 aliphatic heterocycles. The van der Waals surface area contributed by atoms with Gasteiger partial charge in [0.15, 0.2) is 0 Å². The van der Waals surface area contributed by atoms with Gasteiger partial charge in [-0.05, 0) is 56.9 Å². The summed E-state index contributed by atoms with van der Waals surface area (Å²) in [4.78, 5) is 12.5. The van der Waals surface area contributed by atoms with Gasteiger partial charge in [-0.2, -0.15) is 13.9 Å². The fraction of sp³-hybridized carbons (Fsp3) is 0.381. The zero-order chi connectivity index (χ0) is 25.0. The maximum Gasteiger partial charge on any atom is 0.513 e. The van der Waals surface area contributed by atoms with Crippen molar-refractivity contribution in [3.63, 3.8) is 0 Å². The SMILES string of the molecule is C[C@H](NP(=O)(Oc1ccc(Cl)cc1)Oc1c(F)c(F)c(F)c(F)c1F)C(=O)OC1CCCCC1. The van der Waals surface area contributed by atoms with Gasteiger partial charge in [-0.1, -0.05) is 18.0 Å². The van der Waals surface area contributed by atoms with E-state index in [0.29, 0.717) is 12.8 Å². The van der Waals surface area contributed by atoms with Gasteiger partial charge < -0.3 is 13.8 Å². The molecule has 2 aromatic carbocycles. The van der Waals surface area contributed by atoms with E-state index in [9.17, 15) is 31.3 Å². The molecule has 1 N–H and O–H groups in total. The molecule has 2 atom stereocenters. The Labute approximate surface area is 196 Å². The maximum atomic E-state index is 14.2. The fourth-order valence-electron chi connectivity index (χ4n) is 3.23. The van der Waals surface area contributed by atoms with Crippen LogP contribution in [0.3, 0.4) is 0 Å². The predicted octanol–water partition coefficient (Wildman–Crippen LogP) is 6.46. The molecule has 1 aliphatic rings. The molecular formula is C21H20ClF5NO5P. The van der Waals surface area contributed by atoms with Crippen LogP contribution in [0.2, 0.25) is 5.02 Å². The first-order valence-corrected chi connectivity index (χ1v) is 12.2. The third-order valence-corrected chi connectivity index (χ3v) is 6.79. The summed E-state index contributed by atoms with van der Waals surface area (Å²) in [6, 6.07) is 3.66. The van der Waals surface area contributed by atoms with Crippen LogP contribution in [0.15, 0.2) is 24.3 Å². The van der Waals surface area contributed by atoms with E-state index >= 15 is 0 Å². The van der Waals surface area contributed by atoms with Crippen molar-refractivity contribution in [3.05, 3.63) is 58.4 Å². The average molecular weight is 528 g/mol. The Morgan fingerprint density at radius 2 is 1.47 bits per heavy atom. The number of rotatable bonds is 8. The molecule has 0 aromatic heterocycles. The molecule has 1 fully saturated rings. The van der Waals surface area contributed by atoms with E-state index in [1.807, 2.05) is 0 Å². The zero-order valence-corrected chi connectivity index (χ0v) is 19.4. The Bertz CT molecular complexity index is 1070. The number of benzene rings is 2. The monoisotopic (exact) mass is 527 g/mol. The molecule has 13 heteroatoms. The van der Waals surface area contributed by atoms with Gasteiger partial charge in [0.2, 0.25) is 34.8 Å². The molecule has 3 rings (SSSR count). The second-order valence-corrected chi connectivity index (χ2v) is 9.64. The Kier molecular flexibility index (Phi) is 8.43. The normalized spacial score (nSPS) is 17.0. The number of hydrogen-bond acceptors (Lipinski definition) is 5. The molecule has 1 aliphatic carbocycles. The lowest BCUT2D eigenvalue weighted by Crippen LogP contribution is -2.38. The van der Waals surface area contributed by atoms with Crippen LogP contribution in [-0.2, 0) is 14.1 Å². The number of carbonyl (C=O) groups excluding carboxylic acids is 1. The van der Waals surface area contributed by atoms with Crippen molar-refractivity contribution in [1.82, 2.24) is 5.09 Å². The molecule has 1 saturated carbocycles. The third kappa shape index (κ3) is 6.20. The summed E-state index contributed by atoms with van der Waals surface area (Å²) in [6.45, 7) is 1.21. The Morgan fingerprint density at radius 1 is 0.941 bits per heavy atom. The Morgan fingerprint density at radius 3 is 2.03 bits per heavy atom. The fourth-order valence-corrected chi connectivity index (χ4v) is 4.88. The van der Waals surface area contributed by atoms with Crippen LogP contribution < -0.4 is 14.1 Å². The van der Waals surface area contributed by atoms with Gasteiger partial charge in [-0.15, -0.1) is 0 Å². The molecule has 0 radical (unpaired) electrons. The van der Waals surface area contributed by atoms with Crippen molar-refractivity contribution < 1.29 is 45.1 Å². The van der Waals surface area contributed by atoms with Crippen LogP contribution in [0.25, 0.3) is 0 Å². The summed E-state index contributed by atoms with van der Waals surface area (Å²) in [5.41, 5.74) is 0. The second kappa shape index (κ2) is 10.9. The average Bonchev–Trinajstić information content (AvgIpc) is 2.81. The van der Waals surface area contributed by atoms with Gasteiger partial charge in [-0.3, -0.25) is 4.79 Å². The summed E-state index contributed by atoms with van der Waals surface area (Å²) in [5, 5.41) is 2.40. The first kappa shape index (κ1) is 26.2. The quantitative estimate of drug-likeness (QED) is 0.140. The summed E-state index contributed by atoms with van der Waals surface area (Å²) in [6.07, 6.45) is 3.64. The zero-order valence-electron chi connectivity index (χ0n) is 17.8. The lowest BCUT2D eigenvalue weighted by Gasteiger charge is -2.26. The van der Waals surface area contributed by atoms with Crippen LogP contribution in [0.1, 0.15) is 39.0 Å². The van der Waals surface area contributed by atoms with Crippen molar-refractivity contribution in [2.45, 2.75) is 51.2 Å². The molecular weight excluding hydrogens is 508 g/mol. The minimum atomic E-state index is -4.98. The van der Waals surface area contributed by atoms with Gasteiger partial charge in [0, 0.05) is 5.02 Å². The van der Waals surface area contributed by atoms with Crippen LogP contribution in [-0.4, -0.2) is 18.1 Å². The van der Waals surface area contributed by atoms with Crippen molar-refractivity contribution in [3.8, 4) is 11.5 Å². The number of nitrogens with one attached hydrogen (secondary N) is 1. The topological polar surface area (TPSA) is 73.9 Å². The summed E-state index contributed by atoms with van der Waals surface area (Å²) in [5.74, 6) is -14.7. The molecule has 0 amide bonds. The highest BCUT2D eigenvalue weighted by molar-refractivity contribution is 7.52. The maximum absolute atomic E-state index is 14.2.